The lowest BCUT2D eigenvalue weighted by Crippen LogP contribution is -2.49. The predicted molar refractivity (Wildman–Crippen MR) is 66.3 cm³/mol. The molecule has 0 spiro atoms. The molecule has 3 N–H and O–H groups in total. The Morgan fingerprint density at radius 3 is 2.67 bits per heavy atom. The summed E-state index contributed by atoms with van der Waals surface area (Å²) in [6.07, 6.45) is 0.293. The summed E-state index contributed by atoms with van der Waals surface area (Å²) in [5, 5.41) is 9.64. The van der Waals surface area contributed by atoms with Crippen LogP contribution in [0.1, 0.15) is 13.3 Å². The number of nitrogens with zero attached hydrogens (tertiary/aromatic N) is 1. The van der Waals surface area contributed by atoms with Crippen LogP contribution in [0.5, 0.6) is 0 Å². The van der Waals surface area contributed by atoms with Crippen molar-refractivity contribution >= 4 is 5.69 Å². The standard InChI is InChI=1S/C13H18F2N2O/c1-8(18)9-4-10(16)7-17(6-9)11-2-3-12(14)13(15)5-11/h2-3,5,8-10,18H,4,6-7,16H2,1H3. The summed E-state index contributed by atoms with van der Waals surface area (Å²) in [4.78, 5) is 1.90. The highest BCUT2D eigenvalue weighted by Gasteiger charge is 2.28. The number of aliphatic hydroxyl groups is 1. The van der Waals surface area contributed by atoms with Crippen molar-refractivity contribution in [1.82, 2.24) is 0 Å². The smallest absolute Gasteiger partial charge is 0.160 e. The Hall–Kier alpha value is -1.20. The van der Waals surface area contributed by atoms with Gasteiger partial charge in [-0.15, -0.1) is 0 Å². The van der Waals surface area contributed by atoms with Crippen LogP contribution in [-0.4, -0.2) is 30.3 Å². The Morgan fingerprint density at radius 2 is 2.06 bits per heavy atom. The molecule has 5 heteroatoms. The summed E-state index contributed by atoms with van der Waals surface area (Å²) in [6, 6.07) is 3.76. The third kappa shape index (κ3) is 2.79. The van der Waals surface area contributed by atoms with Gasteiger partial charge in [-0.1, -0.05) is 0 Å². The quantitative estimate of drug-likeness (QED) is 0.843. The minimum atomic E-state index is -0.861. The lowest BCUT2D eigenvalue weighted by atomic mass is 9.90. The summed E-state index contributed by atoms with van der Waals surface area (Å²) in [7, 11) is 0. The zero-order chi connectivity index (χ0) is 13.3. The molecule has 0 amide bonds. The molecule has 1 aromatic rings. The number of hydrogen-bond acceptors (Lipinski definition) is 3. The molecular formula is C13H18F2N2O. The Kier molecular flexibility index (Phi) is 3.82. The third-order valence-corrected chi connectivity index (χ3v) is 3.47. The Bertz CT molecular complexity index is 425. The van der Waals surface area contributed by atoms with E-state index in [1.165, 1.54) is 12.1 Å². The summed E-state index contributed by atoms with van der Waals surface area (Å²) >= 11 is 0. The van der Waals surface area contributed by atoms with Gasteiger partial charge < -0.3 is 15.7 Å². The topological polar surface area (TPSA) is 49.5 Å². The van der Waals surface area contributed by atoms with E-state index in [1.807, 2.05) is 4.90 Å². The van der Waals surface area contributed by atoms with E-state index in [9.17, 15) is 13.9 Å². The molecule has 100 valence electrons. The maximum atomic E-state index is 13.2. The van der Waals surface area contributed by atoms with Gasteiger partial charge in [-0.05, 0) is 25.5 Å². The van der Waals surface area contributed by atoms with Crippen molar-refractivity contribution in [2.45, 2.75) is 25.5 Å². The van der Waals surface area contributed by atoms with Crippen LogP contribution in [0.2, 0.25) is 0 Å². The first kappa shape index (κ1) is 13.2. The van der Waals surface area contributed by atoms with Crippen LogP contribution in [0.25, 0.3) is 0 Å². The summed E-state index contributed by atoms with van der Waals surface area (Å²) in [5.74, 6) is -1.66. The molecule has 0 radical (unpaired) electrons. The normalized spacial score (nSPS) is 26.2. The highest BCUT2D eigenvalue weighted by Crippen LogP contribution is 2.25. The first-order chi connectivity index (χ1) is 8.47. The fourth-order valence-electron chi connectivity index (χ4n) is 2.42. The second-order valence-electron chi connectivity index (χ2n) is 5.00. The maximum absolute atomic E-state index is 13.2. The minimum absolute atomic E-state index is 0.0573. The number of benzene rings is 1. The third-order valence-electron chi connectivity index (χ3n) is 3.47. The number of rotatable bonds is 2. The average Bonchev–Trinajstić information content (AvgIpc) is 2.31. The summed E-state index contributed by atoms with van der Waals surface area (Å²) in [6.45, 7) is 2.93. The van der Waals surface area contributed by atoms with E-state index in [4.69, 9.17) is 5.73 Å². The van der Waals surface area contributed by atoms with Gasteiger partial charge in [-0.3, -0.25) is 0 Å². The Labute approximate surface area is 105 Å². The SMILES string of the molecule is CC(O)C1CC(N)CN(c2ccc(F)c(F)c2)C1. The second-order valence-corrected chi connectivity index (χ2v) is 5.00. The summed E-state index contributed by atoms with van der Waals surface area (Å²) < 4.78 is 26.1. The van der Waals surface area contributed by atoms with Gasteiger partial charge in [0.05, 0.1) is 6.10 Å². The zero-order valence-electron chi connectivity index (χ0n) is 10.3. The number of nitrogens with two attached hydrogens (primary N) is 1. The van der Waals surface area contributed by atoms with E-state index < -0.39 is 17.7 Å². The molecule has 1 aliphatic heterocycles. The van der Waals surface area contributed by atoms with Crippen molar-refractivity contribution < 1.29 is 13.9 Å². The first-order valence-electron chi connectivity index (χ1n) is 6.11. The van der Waals surface area contributed by atoms with Crippen LogP contribution in [-0.2, 0) is 0 Å². The van der Waals surface area contributed by atoms with Crippen LogP contribution < -0.4 is 10.6 Å². The number of piperidine rings is 1. The van der Waals surface area contributed by atoms with E-state index >= 15 is 0 Å². The van der Waals surface area contributed by atoms with Gasteiger partial charge in [0.1, 0.15) is 0 Å². The van der Waals surface area contributed by atoms with Crippen molar-refractivity contribution in [3.63, 3.8) is 0 Å². The monoisotopic (exact) mass is 256 g/mol. The molecule has 0 bridgehead atoms. The van der Waals surface area contributed by atoms with E-state index in [-0.39, 0.29) is 12.0 Å². The molecule has 1 saturated heterocycles. The minimum Gasteiger partial charge on any atom is -0.393 e. The number of hydrogen-bond donors (Lipinski definition) is 2. The average molecular weight is 256 g/mol. The first-order valence-corrected chi connectivity index (χ1v) is 6.11. The lowest BCUT2D eigenvalue weighted by Gasteiger charge is -2.39. The highest BCUT2D eigenvalue weighted by atomic mass is 19.2. The summed E-state index contributed by atoms with van der Waals surface area (Å²) in [5.41, 5.74) is 6.54. The number of halogens is 2. The van der Waals surface area contributed by atoms with E-state index in [0.29, 0.717) is 18.8 Å². The molecule has 1 aromatic carbocycles. The molecular weight excluding hydrogens is 238 g/mol. The van der Waals surface area contributed by atoms with Gasteiger partial charge in [0, 0.05) is 36.8 Å². The van der Waals surface area contributed by atoms with E-state index in [0.717, 1.165) is 12.5 Å². The largest absolute Gasteiger partial charge is 0.393 e. The van der Waals surface area contributed by atoms with Crippen LogP contribution in [0.4, 0.5) is 14.5 Å². The van der Waals surface area contributed by atoms with Crippen LogP contribution >= 0.6 is 0 Å². The number of anilines is 1. The molecule has 0 aliphatic carbocycles. The molecule has 1 aliphatic rings. The van der Waals surface area contributed by atoms with Gasteiger partial charge in [-0.2, -0.15) is 0 Å². The fraction of sp³-hybridized carbons (Fsp3) is 0.538. The molecule has 1 fully saturated rings. The van der Waals surface area contributed by atoms with Crippen molar-refractivity contribution in [3.05, 3.63) is 29.8 Å². The van der Waals surface area contributed by atoms with Crippen molar-refractivity contribution in [2.75, 3.05) is 18.0 Å². The molecule has 2 rings (SSSR count). The van der Waals surface area contributed by atoms with Gasteiger partial charge in [-0.25, -0.2) is 8.78 Å². The molecule has 3 atom stereocenters. The Balaban J connectivity index is 2.18. The Morgan fingerprint density at radius 1 is 1.33 bits per heavy atom. The molecule has 0 saturated carbocycles. The maximum Gasteiger partial charge on any atom is 0.160 e. The molecule has 18 heavy (non-hydrogen) atoms. The van der Waals surface area contributed by atoms with E-state index in [1.54, 1.807) is 6.92 Å². The van der Waals surface area contributed by atoms with Gasteiger partial charge in [0.25, 0.3) is 0 Å². The van der Waals surface area contributed by atoms with E-state index in [2.05, 4.69) is 0 Å². The second kappa shape index (κ2) is 5.20. The zero-order valence-corrected chi connectivity index (χ0v) is 10.3. The molecule has 1 heterocycles. The fourth-order valence-corrected chi connectivity index (χ4v) is 2.42. The van der Waals surface area contributed by atoms with Crippen LogP contribution in [0.3, 0.4) is 0 Å². The molecule has 3 unspecified atom stereocenters. The van der Waals surface area contributed by atoms with Gasteiger partial charge in [0.2, 0.25) is 0 Å². The van der Waals surface area contributed by atoms with Gasteiger partial charge in [0.15, 0.2) is 11.6 Å². The lowest BCUT2D eigenvalue weighted by molar-refractivity contribution is 0.110. The highest BCUT2D eigenvalue weighted by molar-refractivity contribution is 5.47. The van der Waals surface area contributed by atoms with Crippen LogP contribution in [0.15, 0.2) is 18.2 Å². The van der Waals surface area contributed by atoms with Crippen molar-refractivity contribution in [2.24, 2.45) is 11.7 Å². The molecule has 3 nitrogen and oxygen atoms in total. The van der Waals surface area contributed by atoms with Crippen molar-refractivity contribution in [3.8, 4) is 0 Å². The van der Waals surface area contributed by atoms with Crippen LogP contribution in [0, 0.1) is 17.6 Å². The van der Waals surface area contributed by atoms with Gasteiger partial charge >= 0.3 is 0 Å². The van der Waals surface area contributed by atoms with Crippen molar-refractivity contribution in [1.29, 1.82) is 0 Å². The number of aliphatic hydroxyl groups excluding tert-OH is 1. The molecule has 0 aromatic heterocycles. The predicted octanol–water partition coefficient (Wildman–Crippen LogP) is 1.50.